The molecular formula is C17H17BF2O3. The van der Waals surface area contributed by atoms with Gasteiger partial charge in [0.1, 0.15) is 17.7 Å². The van der Waals surface area contributed by atoms with Gasteiger partial charge in [0.15, 0.2) is 0 Å². The quantitative estimate of drug-likeness (QED) is 0.812. The number of ether oxygens (including phenoxy) is 1. The average molecular weight is 318 g/mol. The third-order valence-corrected chi connectivity index (χ3v) is 3.65. The molecule has 0 aromatic heterocycles. The van der Waals surface area contributed by atoms with Gasteiger partial charge in [-0.2, -0.15) is 0 Å². The van der Waals surface area contributed by atoms with E-state index in [2.05, 4.69) is 0 Å². The summed E-state index contributed by atoms with van der Waals surface area (Å²) in [6.45, 7) is 3.52. The second-order valence-electron chi connectivity index (χ2n) is 5.36. The van der Waals surface area contributed by atoms with Crippen molar-refractivity contribution in [3.63, 3.8) is 0 Å². The summed E-state index contributed by atoms with van der Waals surface area (Å²) in [5.41, 5.74) is 2.09. The van der Waals surface area contributed by atoms with E-state index in [1.54, 1.807) is 12.1 Å². The van der Waals surface area contributed by atoms with Crippen LogP contribution in [0.1, 0.15) is 6.92 Å². The Balaban J connectivity index is 1.70. The molecule has 1 aliphatic heterocycles. The molecule has 1 heterocycles. The molecule has 0 spiro atoms. The van der Waals surface area contributed by atoms with E-state index in [4.69, 9.17) is 14.0 Å². The fourth-order valence-electron chi connectivity index (χ4n) is 2.56. The molecular weight excluding hydrogens is 301 g/mol. The van der Waals surface area contributed by atoms with Crippen molar-refractivity contribution in [2.24, 2.45) is 0 Å². The second-order valence-corrected chi connectivity index (χ2v) is 5.36. The van der Waals surface area contributed by atoms with E-state index in [1.807, 2.05) is 19.1 Å². The first-order valence-electron chi connectivity index (χ1n) is 7.57. The van der Waals surface area contributed by atoms with Gasteiger partial charge in [0.2, 0.25) is 0 Å². The summed E-state index contributed by atoms with van der Waals surface area (Å²) in [7, 11) is -0.440. The maximum absolute atomic E-state index is 13.3. The Hall–Kier alpha value is -1.76. The molecule has 2 aromatic rings. The average Bonchev–Trinajstić information content (AvgIpc) is 2.55. The van der Waals surface area contributed by atoms with E-state index in [0.717, 1.165) is 17.1 Å². The zero-order valence-electron chi connectivity index (χ0n) is 12.8. The standard InChI is InChI=1S/C17H17BF2O3/c1-2-21-17-10-22-18(23-11-17)14-5-3-12(4-6-14)13-7-15(19)9-16(20)8-13/h3-9,17H,2,10-11H2,1H3. The van der Waals surface area contributed by atoms with Gasteiger partial charge in [-0.15, -0.1) is 0 Å². The highest BCUT2D eigenvalue weighted by Gasteiger charge is 2.29. The Morgan fingerprint density at radius 2 is 1.61 bits per heavy atom. The Morgan fingerprint density at radius 3 is 2.17 bits per heavy atom. The normalized spacial score (nSPS) is 15.9. The lowest BCUT2D eigenvalue weighted by atomic mass is 9.77. The van der Waals surface area contributed by atoms with Crippen LogP contribution < -0.4 is 5.46 Å². The van der Waals surface area contributed by atoms with Crippen molar-refractivity contribution in [2.75, 3.05) is 19.8 Å². The highest BCUT2D eigenvalue weighted by atomic mass is 19.1. The van der Waals surface area contributed by atoms with Crippen molar-refractivity contribution < 1.29 is 22.8 Å². The van der Waals surface area contributed by atoms with Crippen LogP contribution in [0.5, 0.6) is 0 Å². The zero-order chi connectivity index (χ0) is 16.2. The number of rotatable bonds is 4. The Bertz CT molecular complexity index is 635. The van der Waals surface area contributed by atoms with Crippen LogP contribution in [0.25, 0.3) is 11.1 Å². The van der Waals surface area contributed by atoms with Crippen molar-refractivity contribution in [3.05, 3.63) is 54.1 Å². The first-order valence-corrected chi connectivity index (χ1v) is 7.57. The third-order valence-electron chi connectivity index (χ3n) is 3.65. The number of halogens is 2. The smallest absolute Gasteiger partial charge is 0.404 e. The van der Waals surface area contributed by atoms with E-state index in [0.29, 0.717) is 25.4 Å². The van der Waals surface area contributed by atoms with Gasteiger partial charge in [-0.3, -0.25) is 0 Å². The first kappa shape index (κ1) is 16.1. The Labute approximate surface area is 134 Å². The van der Waals surface area contributed by atoms with E-state index in [9.17, 15) is 8.78 Å². The van der Waals surface area contributed by atoms with Gasteiger partial charge >= 0.3 is 7.12 Å². The van der Waals surface area contributed by atoms with Crippen LogP contribution >= 0.6 is 0 Å². The summed E-state index contributed by atoms with van der Waals surface area (Å²) < 4.78 is 43.3. The summed E-state index contributed by atoms with van der Waals surface area (Å²) >= 11 is 0. The molecule has 2 aromatic carbocycles. The molecule has 23 heavy (non-hydrogen) atoms. The van der Waals surface area contributed by atoms with Gasteiger partial charge in [0.25, 0.3) is 0 Å². The van der Waals surface area contributed by atoms with Gasteiger partial charge in [-0.25, -0.2) is 8.78 Å². The minimum Gasteiger partial charge on any atom is -0.404 e. The van der Waals surface area contributed by atoms with E-state index in [-0.39, 0.29) is 6.10 Å². The largest absolute Gasteiger partial charge is 0.494 e. The van der Waals surface area contributed by atoms with Crippen molar-refractivity contribution in [1.29, 1.82) is 0 Å². The van der Waals surface area contributed by atoms with Crippen LogP contribution in [0.2, 0.25) is 0 Å². The molecule has 0 bridgehead atoms. The number of hydrogen-bond acceptors (Lipinski definition) is 3. The predicted molar refractivity (Wildman–Crippen MR) is 84.5 cm³/mol. The van der Waals surface area contributed by atoms with Crippen LogP contribution in [0.4, 0.5) is 8.78 Å². The Kier molecular flexibility index (Phi) is 5.05. The minimum absolute atomic E-state index is 0.0363. The summed E-state index contributed by atoms with van der Waals surface area (Å²) in [4.78, 5) is 0. The topological polar surface area (TPSA) is 27.7 Å². The lowest BCUT2D eigenvalue weighted by Crippen LogP contribution is -2.47. The molecule has 0 aliphatic carbocycles. The van der Waals surface area contributed by atoms with E-state index < -0.39 is 18.8 Å². The molecule has 1 fully saturated rings. The van der Waals surface area contributed by atoms with Crippen LogP contribution in [-0.4, -0.2) is 33.0 Å². The molecule has 1 aliphatic rings. The molecule has 0 unspecified atom stereocenters. The zero-order valence-corrected chi connectivity index (χ0v) is 12.8. The molecule has 3 rings (SSSR count). The monoisotopic (exact) mass is 318 g/mol. The number of hydrogen-bond donors (Lipinski definition) is 0. The first-order chi connectivity index (χ1) is 11.2. The molecule has 1 saturated heterocycles. The van der Waals surface area contributed by atoms with E-state index in [1.165, 1.54) is 12.1 Å². The summed E-state index contributed by atoms with van der Waals surface area (Å²) in [5.74, 6) is -1.19. The van der Waals surface area contributed by atoms with Crippen LogP contribution in [0, 0.1) is 11.6 Å². The molecule has 6 heteroatoms. The summed E-state index contributed by atoms with van der Waals surface area (Å²) in [5, 5.41) is 0. The van der Waals surface area contributed by atoms with Crippen LogP contribution in [0.15, 0.2) is 42.5 Å². The molecule has 3 nitrogen and oxygen atoms in total. The Morgan fingerprint density at radius 1 is 1.00 bits per heavy atom. The minimum atomic E-state index is -0.593. The predicted octanol–water partition coefficient (Wildman–Crippen LogP) is 2.78. The van der Waals surface area contributed by atoms with Crippen molar-refractivity contribution in [3.8, 4) is 11.1 Å². The van der Waals surface area contributed by atoms with Crippen molar-refractivity contribution >= 4 is 12.6 Å². The molecule has 120 valence electrons. The van der Waals surface area contributed by atoms with Gasteiger partial charge in [-0.05, 0) is 35.6 Å². The van der Waals surface area contributed by atoms with Gasteiger partial charge < -0.3 is 14.0 Å². The van der Waals surface area contributed by atoms with Gasteiger partial charge in [0.05, 0.1) is 13.2 Å². The maximum Gasteiger partial charge on any atom is 0.494 e. The molecule has 0 atom stereocenters. The van der Waals surface area contributed by atoms with Gasteiger partial charge in [-0.1, -0.05) is 24.3 Å². The number of benzene rings is 2. The summed E-state index contributed by atoms with van der Waals surface area (Å²) in [6.07, 6.45) is -0.0363. The van der Waals surface area contributed by atoms with Gasteiger partial charge in [0, 0.05) is 12.7 Å². The van der Waals surface area contributed by atoms with Crippen molar-refractivity contribution in [2.45, 2.75) is 13.0 Å². The van der Waals surface area contributed by atoms with Crippen molar-refractivity contribution in [1.82, 2.24) is 0 Å². The lowest BCUT2D eigenvalue weighted by molar-refractivity contribution is -0.0376. The SMILES string of the molecule is CCOC1COB(c2ccc(-c3cc(F)cc(F)c3)cc2)OC1. The van der Waals surface area contributed by atoms with Crippen LogP contribution in [-0.2, 0) is 14.0 Å². The summed E-state index contributed by atoms with van der Waals surface area (Å²) in [6, 6.07) is 10.7. The van der Waals surface area contributed by atoms with E-state index >= 15 is 0 Å². The third kappa shape index (κ3) is 3.96. The lowest BCUT2D eigenvalue weighted by Gasteiger charge is -2.27. The highest BCUT2D eigenvalue weighted by molar-refractivity contribution is 6.61. The molecule has 0 N–H and O–H groups in total. The van der Waals surface area contributed by atoms with Crippen LogP contribution in [0.3, 0.4) is 0 Å². The second kappa shape index (κ2) is 7.21. The molecule has 0 radical (unpaired) electrons. The molecule has 0 amide bonds. The fourth-order valence-corrected chi connectivity index (χ4v) is 2.56. The highest BCUT2D eigenvalue weighted by Crippen LogP contribution is 2.21. The maximum atomic E-state index is 13.3. The fraction of sp³-hybridized carbons (Fsp3) is 0.294. The molecule has 0 saturated carbocycles.